The van der Waals surface area contributed by atoms with Crippen molar-refractivity contribution in [3.8, 4) is 11.5 Å². The normalized spacial score (nSPS) is 18.2. The number of hydrogen-bond acceptors (Lipinski definition) is 7. The number of methoxy groups -OCH3 is 1. The van der Waals surface area contributed by atoms with E-state index < -0.39 is 11.9 Å². The predicted octanol–water partition coefficient (Wildman–Crippen LogP) is 4.03. The number of hydrogen-bond donors (Lipinski definition) is 1. The van der Waals surface area contributed by atoms with E-state index in [2.05, 4.69) is 5.32 Å². The third-order valence-electron chi connectivity index (χ3n) is 5.64. The molecule has 0 bridgehead atoms. The summed E-state index contributed by atoms with van der Waals surface area (Å²) >= 11 is 0. The molecular weight excluding hydrogens is 410 g/mol. The van der Waals surface area contributed by atoms with Crippen molar-refractivity contribution in [1.29, 1.82) is 0 Å². The van der Waals surface area contributed by atoms with Gasteiger partial charge in [0.2, 0.25) is 0 Å². The van der Waals surface area contributed by atoms with Gasteiger partial charge in [0, 0.05) is 35.9 Å². The van der Waals surface area contributed by atoms with Gasteiger partial charge in [-0.2, -0.15) is 0 Å². The summed E-state index contributed by atoms with van der Waals surface area (Å²) < 4.78 is 22.1. The standard InChI is InChI=1S/C25H33NO6/c1-5-12-31-20-11-10-17(15-21(20)29-4)23-22(25(28)32-14-13-30-6-2)16(3)26-18-8-7-9-19(27)24(18)23/h10-11,15,23,26H,5-9,12-14H2,1-4H3/t23-/m0/s1. The average Bonchev–Trinajstić information content (AvgIpc) is 2.79. The number of allylic oxidation sites excluding steroid dienone is 3. The van der Waals surface area contributed by atoms with Crippen molar-refractivity contribution >= 4 is 11.8 Å². The van der Waals surface area contributed by atoms with Crippen LogP contribution in [0.1, 0.15) is 57.9 Å². The summed E-state index contributed by atoms with van der Waals surface area (Å²) in [6, 6.07) is 5.60. The summed E-state index contributed by atoms with van der Waals surface area (Å²) in [7, 11) is 1.58. The van der Waals surface area contributed by atoms with Crippen molar-refractivity contribution in [2.45, 2.75) is 52.4 Å². The van der Waals surface area contributed by atoms with E-state index in [1.54, 1.807) is 7.11 Å². The van der Waals surface area contributed by atoms with Gasteiger partial charge < -0.3 is 24.3 Å². The minimum absolute atomic E-state index is 0.0566. The van der Waals surface area contributed by atoms with Gasteiger partial charge in [-0.05, 0) is 50.8 Å². The van der Waals surface area contributed by atoms with Gasteiger partial charge in [-0.15, -0.1) is 0 Å². The Bertz CT molecular complexity index is 917. The number of carbonyl (C=O) groups excluding carboxylic acids is 2. The van der Waals surface area contributed by atoms with Crippen molar-refractivity contribution in [2.75, 3.05) is 33.5 Å². The van der Waals surface area contributed by atoms with Gasteiger partial charge in [-0.1, -0.05) is 13.0 Å². The van der Waals surface area contributed by atoms with Crippen LogP contribution in [0.2, 0.25) is 0 Å². The van der Waals surface area contributed by atoms with Gasteiger partial charge in [0.05, 0.1) is 25.9 Å². The predicted molar refractivity (Wildman–Crippen MR) is 121 cm³/mol. The van der Waals surface area contributed by atoms with Crippen LogP contribution in [0.5, 0.6) is 11.5 Å². The zero-order valence-corrected chi connectivity index (χ0v) is 19.4. The monoisotopic (exact) mass is 443 g/mol. The molecule has 1 aliphatic carbocycles. The zero-order chi connectivity index (χ0) is 23.1. The first-order valence-electron chi connectivity index (χ1n) is 11.3. The molecule has 1 aromatic carbocycles. The zero-order valence-electron chi connectivity index (χ0n) is 19.4. The number of ether oxygens (including phenoxy) is 4. The van der Waals surface area contributed by atoms with E-state index in [-0.39, 0.29) is 12.4 Å². The second-order valence-corrected chi connectivity index (χ2v) is 7.86. The molecule has 1 N–H and O–H groups in total. The summed E-state index contributed by atoms with van der Waals surface area (Å²) in [5.41, 5.74) is 3.48. The Labute approximate surface area is 189 Å². The summed E-state index contributed by atoms with van der Waals surface area (Å²) in [5, 5.41) is 3.30. The molecule has 1 heterocycles. The molecule has 1 aliphatic heterocycles. The van der Waals surface area contributed by atoms with Crippen LogP contribution >= 0.6 is 0 Å². The van der Waals surface area contributed by atoms with Crippen LogP contribution in [-0.4, -0.2) is 45.3 Å². The van der Waals surface area contributed by atoms with Crippen molar-refractivity contribution in [2.24, 2.45) is 0 Å². The van der Waals surface area contributed by atoms with Crippen LogP contribution in [0.15, 0.2) is 40.7 Å². The van der Waals surface area contributed by atoms with Gasteiger partial charge >= 0.3 is 5.97 Å². The fourth-order valence-electron chi connectivity index (χ4n) is 4.20. The first-order valence-corrected chi connectivity index (χ1v) is 11.3. The molecule has 0 amide bonds. The molecule has 7 heteroatoms. The van der Waals surface area contributed by atoms with Crippen LogP contribution < -0.4 is 14.8 Å². The Morgan fingerprint density at radius 2 is 1.94 bits per heavy atom. The lowest BCUT2D eigenvalue weighted by atomic mass is 9.75. The lowest BCUT2D eigenvalue weighted by Crippen LogP contribution is -2.34. The summed E-state index contributed by atoms with van der Waals surface area (Å²) in [6.45, 7) is 7.40. The minimum Gasteiger partial charge on any atom is -0.493 e. The van der Waals surface area contributed by atoms with E-state index in [0.717, 1.165) is 30.5 Å². The number of dihydropyridines is 1. The topological polar surface area (TPSA) is 83.1 Å². The number of ketones is 1. The lowest BCUT2D eigenvalue weighted by Gasteiger charge is -2.34. The summed E-state index contributed by atoms with van der Waals surface area (Å²) in [5.74, 6) is 0.295. The Morgan fingerprint density at radius 1 is 1.12 bits per heavy atom. The maximum Gasteiger partial charge on any atom is 0.336 e. The van der Waals surface area contributed by atoms with E-state index in [1.165, 1.54) is 0 Å². The van der Waals surface area contributed by atoms with Crippen molar-refractivity contribution < 1.29 is 28.5 Å². The fourth-order valence-corrected chi connectivity index (χ4v) is 4.20. The molecule has 0 spiro atoms. The number of esters is 1. The van der Waals surface area contributed by atoms with Crippen molar-refractivity contribution in [3.05, 3.63) is 46.3 Å². The van der Waals surface area contributed by atoms with Gasteiger partial charge in [-0.3, -0.25) is 4.79 Å². The maximum atomic E-state index is 13.1. The van der Waals surface area contributed by atoms with Crippen LogP contribution in [0.4, 0.5) is 0 Å². The van der Waals surface area contributed by atoms with Crippen LogP contribution in [-0.2, 0) is 19.1 Å². The number of rotatable bonds is 10. The summed E-state index contributed by atoms with van der Waals surface area (Å²) in [6.07, 6.45) is 2.92. The molecule has 0 saturated heterocycles. The van der Waals surface area contributed by atoms with E-state index in [1.807, 2.05) is 39.0 Å². The summed E-state index contributed by atoms with van der Waals surface area (Å²) in [4.78, 5) is 26.1. The van der Waals surface area contributed by atoms with Crippen LogP contribution in [0, 0.1) is 0 Å². The highest BCUT2D eigenvalue weighted by molar-refractivity contribution is 6.03. The van der Waals surface area contributed by atoms with E-state index in [9.17, 15) is 9.59 Å². The van der Waals surface area contributed by atoms with Gasteiger partial charge in [-0.25, -0.2) is 4.79 Å². The second kappa shape index (κ2) is 11.2. The molecule has 3 rings (SSSR count). The lowest BCUT2D eigenvalue weighted by molar-refractivity contribution is -0.140. The Morgan fingerprint density at radius 3 is 2.66 bits per heavy atom. The molecule has 0 saturated carbocycles. The number of nitrogens with one attached hydrogen (secondary N) is 1. The Hall–Kier alpha value is -2.80. The highest BCUT2D eigenvalue weighted by Gasteiger charge is 2.39. The molecule has 1 atom stereocenters. The van der Waals surface area contributed by atoms with Crippen LogP contribution in [0.25, 0.3) is 0 Å². The van der Waals surface area contributed by atoms with Crippen molar-refractivity contribution in [3.63, 3.8) is 0 Å². The first-order chi connectivity index (χ1) is 15.5. The average molecular weight is 444 g/mol. The van der Waals surface area contributed by atoms with E-state index >= 15 is 0 Å². The number of benzene rings is 1. The number of Topliss-reactive ketones (excluding diaryl/α,β-unsaturated/α-hetero) is 1. The highest BCUT2D eigenvalue weighted by atomic mass is 16.6. The molecule has 32 heavy (non-hydrogen) atoms. The van der Waals surface area contributed by atoms with Gasteiger partial charge in [0.1, 0.15) is 6.61 Å². The molecular formula is C25H33NO6. The van der Waals surface area contributed by atoms with Crippen LogP contribution in [0.3, 0.4) is 0 Å². The third-order valence-corrected chi connectivity index (χ3v) is 5.64. The minimum atomic E-state index is -0.521. The molecule has 0 fully saturated rings. The van der Waals surface area contributed by atoms with E-state index in [4.69, 9.17) is 18.9 Å². The number of carbonyl (C=O) groups is 2. The molecule has 0 radical (unpaired) electrons. The SMILES string of the molecule is CCCOc1ccc([C@H]2C(C(=O)OCCOCC)=C(C)NC3=C2C(=O)CCC3)cc1OC. The molecule has 1 aromatic rings. The fraction of sp³-hybridized carbons (Fsp3) is 0.520. The quantitative estimate of drug-likeness (QED) is 0.432. The largest absolute Gasteiger partial charge is 0.493 e. The highest BCUT2D eigenvalue weighted by Crippen LogP contribution is 2.44. The molecule has 0 aromatic heterocycles. The van der Waals surface area contributed by atoms with Crippen molar-refractivity contribution in [1.82, 2.24) is 5.32 Å². The molecule has 174 valence electrons. The van der Waals surface area contributed by atoms with Gasteiger partial charge in [0.25, 0.3) is 0 Å². The molecule has 0 unspecified atom stereocenters. The molecule has 2 aliphatic rings. The first kappa shape index (κ1) is 23.9. The van der Waals surface area contributed by atoms with E-state index in [0.29, 0.717) is 54.6 Å². The second-order valence-electron chi connectivity index (χ2n) is 7.86. The van der Waals surface area contributed by atoms with Gasteiger partial charge in [0.15, 0.2) is 17.3 Å². The Kier molecular flexibility index (Phi) is 8.33. The maximum absolute atomic E-state index is 13.1. The third kappa shape index (κ3) is 5.15. The Balaban J connectivity index is 2.01. The molecule has 7 nitrogen and oxygen atoms in total. The smallest absolute Gasteiger partial charge is 0.336 e.